The van der Waals surface area contributed by atoms with Crippen LogP contribution in [0.5, 0.6) is 5.75 Å². The largest absolute Gasteiger partial charge is 0.497 e. The lowest BCUT2D eigenvalue weighted by Gasteiger charge is -2.24. The molecule has 2 aromatic carbocycles. The summed E-state index contributed by atoms with van der Waals surface area (Å²) >= 11 is 0. The maximum Gasteiger partial charge on any atom is 0.254 e. The summed E-state index contributed by atoms with van der Waals surface area (Å²) in [5.74, 6) is -0.207. The Balaban J connectivity index is 1.85. The number of ether oxygens (including phenoxy) is 1. The van der Waals surface area contributed by atoms with Gasteiger partial charge in [0.25, 0.3) is 5.91 Å². The molecule has 144 valence electrons. The molecular formula is C22H21FN2O3. The van der Waals surface area contributed by atoms with E-state index in [2.05, 4.69) is 4.98 Å². The Bertz CT molecular complexity index is 1040. The zero-order chi connectivity index (χ0) is 19.7. The summed E-state index contributed by atoms with van der Waals surface area (Å²) < 4.78 is 19.7. The Morgan fingerprint density at radius 3 is 2.86 bits per heavy atom. The van der Waals surface area contributed by atoms with Gasteiger partial charge in [0.05, 0.1) is 36.5 Å². The van der Waals surface area contributed by atoms with Crippen molar-refractivity contribution < 1.29 is 19.0 Å². The molecule has 3 aromatic rings. The van der Waals surface area contributed by atoms with Crippen molar-refractivity contribution in [2.75, 3.05) is 20.3 Å². The lowest BCUT2D eigenvalue weighted by Crippen LogP contribution is -2.37. The van der Waals surface area contributed by atoms with Gasteiger partial charge in [-0.2, -0.15) is 0 Å². The van der Waals surface area contributed by atoms with E-state index in [0.29, 0.717) is 40.0 Å². The van der Waals surface area contributed by atoms with E-state index >= 15 is 0 Å². The highest BCUT2D eigenvalue weighted by Gasteiger charge is 2.30. The Morgan fingerprint density at radius 2 is 2.11 bits per heavy atom. The summed E-state index contributed by atoms with van der Waals surface area (Å²) in [6, 6.07) is 13.4. The molecule has 0 bridgehead atoms. The lowest BCUT2D eigenvalue weighted by molar-refractivity contribution is 0.0679. The van der Waals surface area contributed by atoms with Crippen LogP contribution in [0.3, 0.4) is 0 Å². The number of hydrogen-bond acceptors (Lipinski definition) is 4. The number of likely N-dealkylation sites (tertiary alicyclic amines) is 1. The highest BCUT2D eigenvalue weighted by molar-refractivity contribution is 6.07. The number of fused-ring (bicyclic) bond motifs is 1. The fraction of sp³-hybridized carbons (Fsp3) is 0.273. The zero-order valence-electron chi connectivity index (χ0n) is 15.6. The third-order valence-corrected chi connectivity index (χ3v) is 5.25. The third kappa shape index (κ3) is 3.20. The molecule has 0 radical (unpaired) electrons. The van der Waals surface area contributed by atoms with Crippen molar-refractivity contribution in [2.24, 2.45) is 0 Å². The highest BCUT2D eigenvalue weighted by atomic mass is 19.1. The van der Waals surface area contributed by atoms with Gasteiger partial charge in [0.1, 0.15) is 11.6 Å². The van der Waals surface area contributed by atoms with Gasteiger partial charge >= 0.3 is 0 Å². The molecule has 1 aromatic heterocycles. The maximum absolute atomic E-state index is 14.6. The van der Waals surface area contributed by atoms with Gasteiger partial charge in [-0.1, -0.05) is 18.2 Å². The van der Waals surface area contributed by atoms with E-state index in [1.54, 1.807) is 23.1 Å². The van der Waals surface area contributed by atoms with Crippen LogP contribution in [-0.4, -0.2) is 47.2 Å². The fourth-order valence-electron chi connectivity index (χ4n) is 3.77. The van der Waals surface area contributed by atoms with E-state index in [-0.39, 0.29) is 18.6 Å². The number of nitrogens with zero attached hydrogens (tertiary/aromatic N) is 2. The number of rotatable bonds is 4. The number of methoxy groups -OCH3 is 1. The first-order chi connectivity index (χ1) is 13.6. The Labute approximate surface area is 162 Å². The minimum Gasteiger partial charge on any atom is -0.497 e. The van der Waals surface area contributed by atoms with E-state index in [1.807, 2.05) is 24.3 Å². The fourth-order valence-corrected chi connectivity index (χ4v) is 3.77. The molecule has 1 aliphatic heterocycles. The molecule has 28 heavy (non-hydrogen) atoms. The Morgan fingerprint density at radius 1 is 1.29 bits per heavy atom. The molecule has 4 rings (SSSR count). The Kier molecular flexibility index (Phi) is 4.96. The van der Waals surface area contributed by atoms with Crippen molar-refractivity contribution in [1.82, 2.24) is 9.88 Å². The predicted molar refractivity (Wildman–Crippen MR) is 105 cm³/mol. The first-order valence-corrected chi connectivity index (χ1v) is 9.28. The van der Waals surface area contributed by atoms with E-state index in [0.717, 1.165) is 12.8 Å². The van der Waals surface area contributed by atoms with Crippen LogP contribution in [0.25, 0.3) is 22.2 Å². The minimum absolute atomic E-state index is 0.0608. The van der Waals surface area contributed by atoms with Gasteiger partial charge in [-0.05, 0) is 37.1 Å². The van der Waals surface area contributed by atoms with Gasteiger partial charge in [0.15, 0.2) is 0 Å². The standard InChI is InChI=1S/C22H21FN2O3/c1-28-15-8-9-17(19(23)11-15)21-12-18(16-6-2-3-7-20(16)24-21)22(27)25-10-4-5-14(25)13-26/h2-3,6-9,11-12,14,26H,4-5,10,13H2,1H3. The van der Waals surface area contributed by atoms with Gasteiger partial charge < -0.3 is 14.7 Å². The molecule has 1 fully saturated rings. The lowest BCUT2D eigenvalue weighted by atomic mass is 10.0. The second kappa shape index (κ2) is 7.56. The summed E-state index contributed by atoms with van der Waals surface area (Å²) in [6.07, 6.45) is 1.64. The molecule has 1 aliphatic rings. The van der Waals surface area contributed by atoms with Crippen molar-refractivity contribution in [1.29, 1.82) is 0 Å². The summed E-state index contributed by atoms with van der Waals surface area (Å²) in [5, 5.41) is 10.3. The van der Waals surface area contributed by atoms with E-state index in [1.165, 1.54) is 13.2 Å². The number of aromatic nitrogens is 1. The molecule has 6 heteroatoms. The van der Waals surface area contributed by atoms with E-state index in [9.17, 15) is 14.3 Å². The molecule has 0 saturated carbocycles. The molecule has 0 spiro atoms. The van der Waals surface area contributed by atoms with Gasteiger partial charge in [0.2, 0.25) is 0 Å². The Hall–Kier alpha value is -2.99. The molecular weight excluding hydrogens is 359 g/mol. The average Bonchev–Trinajstić information content (AvgIpc) is 3.21. The highest BCUT2D eigenvalue weighted by Crippen LogP contribution is 2.30. The number of para-hydroxylation sites is 1. The molecule has 1 N–H and O–H groups in total. The number of pyridine rings is 1. The quantitative estimate of drug-likeness (QED) is 0.751. The zero-order valence-corrected chi connectivity index (χ0v) is 15.6. The van der Waals surface area contributed by atoms with Crippen molar-refractivity contribution in [2.45, 2.75) is 18.9 Å². The molecule has 1 saturated heterocycles. The molecule has 5 nitrogen and oxygen atoms in total. The number of amides is 1. The van der Waals surface area contributed by atoms with Crippen LogP contribution in [0.4, 0.5) is 4.39 Å². The molecule has 1 amide bonds. The van der Waals surface area contributed by atoms with Gasteiger partial charge in [0, 0.05) is 23.6 Å². The molecule has 2 heterocycles. The molecule has 1 atom stereocenters. The van der Waals surface area contributed by atoms with Gasteiger partial charge in [-0.3, -0.25) is 4.79 Å². The van der Waals surface area contributed by atoms with Crippen LogP contribution < -0.4 is 4.74 Å². The first-order valence-electron chi connectivity index (χ1n) is 9.28. The van der Waals surface area contributed by atoms with Crippen LogP contribution in [0.2, 0.25) is 0 Å². The smallest absolute Gasteiger partial charge is 0.254 e. The number of halogens is 1. The second-order valence-electron chi connectivity index (χ2n) is 6.90. The van der Waals surface area contributed by atoms with Crippen LogP contribution >= 0.6 is 0 Å². The number of benzene rings is 2. The maximum atomic E-state index is 14.6. The molecule has 1 unspecified atom stereocenters. The number of aliphatic hydroxyl groups excluding tert-OH is 1. The summed E-state index contributed by atoms with van der Waals surface area (Å²) in [6.45, 7) is 0.543. The predicted octanol–water partition coefficient (Wildman–Crippen LogP) is 3.65. The summed E-state index contributed by atoms with van der Waals surface area (Å²) in [7, 11) is 1.48. The van der Waals surface area contributed by atoms with E-state index < -0.39 is 5.82 Å². The monoisotopic (exact) mass is 380 g/mol. The molecule has 0 aliphatic carbocycles. The van der Waals surface area contributed by atoms with Crippen LogP contribution in [0, 0.1) is 5.82 Å². The van der Waals surface area contributed by atoms with Crippen molar-refractivity contribution in [3.8, 4) is 17.0 Å². The number of aliphatic hydroxyl groups is 1. The van der Waals surface area contributed by atoms with Gasteiger partial charge in [-0.25, -0.2) is 9.37 Å². The normalized spacial score (nSPS) is 16.5. The van der Waals surface area contributed by atoms with Crippen molar-refractivity contribution in [3.63, 3.8) is 0 Å². The van der Waals surface area contributed by atoms with E-state index in [4.69, 9.17) is 4.74 Å². The summed E-state index contributed by atoms with van der Waals surface area (Å²) in [5.41, 5.74) is 1.79. The number of hydrogen-bond donors (Lipinski definition) is 1. The van der Waals surface area contributed by atoms with Crippen LogP contribution in [0.15, 0.2) is 48.5 Å². The average molecular weight is 380 g/mol. The first kappa shape index (κ1) is 18.4. The third-order valence-electron chi connectivity index (χ3n) is 5.25. The van der Waals surface area contributed by atoms with Crippen molar-refractivity contribution >= 4 is 16.8 Å². The number of carbonyl (C=O) groups is 1. The van der Waals surface area contributed by atoms with Crippen LogP contribution in [0.1, 0.15) is 23.2 Å². The van der Waals surface area contributed by atoms with Crippen LogP contribution in [-0.2, 0) is 0 Å². The topological polar surface area (TPSA) is 62.7 Å². The van der Waals surface area contributed by atoms with Crippen molar-refractivity contribution in [3.05, 3.63) is 59.9 Å². The van der Waals surface area contributed by atoms with Gasteiger partial charge in [-0.15, -0.1) is 0 Å². The minimum atomic E-state index is -0.463. The number of carbonyl (C=O) groups excluding carboxylic acids is 1. The second-order valence-corrected chi connectivity index (χ2v) is 6.90. The SMILES string of the molecule is COc1ccc(-c2cc(C(=O)N3CCCC3CO)c3ccccc3n2)c(F)c1. The summed E-state index contributed by atoms with van der Waals surface area (Å²) in [4.78, 5) is 19.5.